The average Bonchev–Trinajstić information content (AvgIpc) is 2.26. The summed E-state index contributed by atoms with van der Waals surface area (Å²) in [6.45, 7) is -0.939. The largest absolute Gasteiger partial charge is 0.573 e. The van der Waals surface area contributed by atoms with Gasteiger partial charge in [0.05, 0.1) is 6.61 Å². The Bertz CT molecular complexity index is 399. The maximum absolute atomic E-state index is 12.4. The summed E-state index contributed by atoms with van der Waals surface area (Å²) < 4.78 is 65.0. The summed E-state index contributed by atoms with van der Waals surface area (Å²) >= 11 is 2.86. The van der Waals surface area contributed by atoms with Crippen molar-refractivity contribution in [1.29, 1.82) is 0 Å². The van der Waals surface area contributed by atoms with Crippen molar-refractivity contribution in [2.24, 2.45) is 0 Å². The van der Waals surface area contributed by atoms with Crippen molar-refractivity contribution in [1.82, 2.24) is 4.98 Å². The second-order valence-electron chi connectivity index (χ2n) is 3.12. The maximum Gasteiger partial charge on any atom is 0.573 e. The van der Waals surface area contributed by atoms with E-state index in [0.29, 0.717) is 0 Å². The molecule has 0 saturated heterocycles. The van der Waals surface area contributed by atoms with Crippen LogP contribution in [0.1, 0.15) is 23.4 Å². The number of pyridine rings is 1. The van der Waals surface area contributed by atoms with Gasteiger partial charge in [0.15, 0.2) is 5.75 Å². The van der Waals surface area contributed by atoms with Crippen LogP contribution in [0.3, 0.4) is 0 Å². The molecule has 18 heavy (non-hydrogen) atoms. The van der Waals surface area contributed by atoms with E-state index in [-0.39, 0.29) is 10.9 Å². The van der Waals surface area contributed by atoms with Crippen LogP contribution in [0, 0.1) is 0 Å². The van der Waals surface area contributed by atoms with Crippen LogP contribution in [0.2, 0.25) is 0 Å². The van der Waals surface area contributed by atoms with Crippen LogP contribution >= 0.6 is 15.9 Å². The van der Waals surface area contributed by atoms with Gasteiger partial charge in [-0.15, -0.1) is 13.2 Å². The highest BCUT2D eigenvalue weighted by Crippen LogP contribution is 2.33. The van der Waals surface area contributed by atoms with Gasteiger partial charge >= 0.3 is 6.36 Å². The van der Waals surface area contributed by atoms with Crippen LogP contribution in [0.25, 0.3) is 0 Å². The number of aliphatic hydroxyl groups is 1. The fourth-order valence-corrected chi connectivity index (χ4v) is 1.64. The lowest BCUT2D eigenvalue weighted by molar-refractivity contribution is -0.275. The molecule has 0 atom stereocenters. The van der Waals surface area contributed by atoms with E-state index in [4.69, 9.17) is 5.11 Å². The van der Waals surface area contributed by atoms with Crippen molar-refractivity contribution in [3.8, 4) is 5.75 Å². The Balaban J connectivity index is 3.30. The van der Waals surface area contributed by atoms with Gasteiger partial charge in [-0.05, 0) is 6.07 Å². The second-order valence-corrected chi connectivity index (χ2v) is 3.68. The molecule has 102 valence electrons. The van der Waals surface area contributed by atoms with E-state index in [9.17, 15) is 22.0 Å². The first-order chi connectivity index (χ1) is 8.28. The summed E-state index contributed by atoms with van der Waals surface area (Å²) in [6.07, 6.45) is -7.94. The van der Waals surface area contributed by atoms with Gasteiger partial charge < -0.3 is 9.84 Å². The van der Waals surface area contributed by atoms with Crippen LogP contribution in [0.5, 0.6) is 5.75 Å². The molecule has 3 nitrogen and oxygen atoms in total. The molecule has 0 bridgehead atoms. The van der Waals surface area contributed by atoms with Crippen molar-refractivity contribution in [3.05, 3.63) is 23.0 Å². The molecule has 0 aliphatic carbocycles. The monoisotopic (exact) mass is 335 g/mol. The van der Waals surface area contributed by atoms with E-state index in [1.165, 1.54) is 0 Å². The molecular formula is C9H7BrF5NO2. The molecule has 1 N–H and O–H groups in total. The van der Waals surface area contributed by atoms with Gasteiger partial charge in [0.2, 0.25) is 0 Å². The van der Waals surface area contributed by atoms with E-state index in [0.717, 1.165) is 6.07 Å². The smallest absolute Gasteiger partial charge is 0.403 e. The van der Waals surface area contributed by atoms with Crippen molar-refractivity contribution >= 4 is 15.9 Å². The van der Waals surface area contributed by atoms with Crippen LogP contribution in [0.4, 0.5) is 22.0 Å². The minimum atomic E-state index is -4.99. The summed E-state index contributed by atoms with van der Waals surface area (Å²) in [4.78, 5) is 3.24. The zero-order valence-electron chi connectivity index (χ0n) is 8.64. The van der Waals surface area contributed by atoms with Crippen LogP contribution in [0.15, 0.2) is 6.07 Å². The summed E-state index contributed by atoms with van der Waals surface area (Å²) in [6, 6.07) is 0.791. The van der Waals surface area contributed by atoms with Gasteiger partial charge in [-0.1, -0.05) is 15.9 Å². The highest BCUT2D eigenvalue weighted by Gasteiger charge is 2.34. The minimum Gasteiger partial charge on any atom is -0.403 e. The molecule has 0 aliphatic rings. The molecule has 0 amide bonds. The number of alkyl halides is 6. The number of nitrogens with zero attached hydrogens (tertiary/aromatic N) is 1. The van der Waals surface area contributed by atoms with Gasteiger partial charge in [0.1, 0.15) is 11.4 Å². The predicted molar refractivity (Wildman–Crippen MR) is 54.4 cm³/mol. The number of rotatable bonds is 4. The molecule has 0 spiro atoms. The standard InChI is InChI=1S/C9H7BrF5NO2/c10-2-4-1-5(8(11)12)16-6(3-17)7(4)18-9(13,14)15/h1,8,17H,2-3H2. The van der Waals surface area contributed by atoms with E-state index < -0.39 is 36.5 Å². The normalized spacial score (nSPS) is 12.0. The third-order valence-corrected chi connectivity index (χ3v) is 2.48. The van der Waals surface area contributed by atoms with Crippen molar-refractivity contribution in [2.75, 3.05) is 0 Å². The van der Waals surface area contributed by atoms with E-state index in [1.54, 1.807) is 0 Å². The summed E-state index contributed by atoms with van der Waals surface area (Å²) in [5, 5.41) is 8.73. The highest BCUT2D eigenvalue weighted by molar-refractivity contribution is 9.08. The SMILES string of the molecule is OCc1nc(C(F)F)cc(CBr)c1OC(F)(F)F. The lowest BCUT2D eigenvalue weighted by Crippen LogP contribution is -2.20. The molecule has 0 unspecified atom stereocenters. The van der Waals surface area contributed by atoms with Crippen LogP contribution in [-0.2, 0) is 11.9 Å². The molecule has 0 aromatic carbocycles. The van der Waals surface area contributed by atoms with Crippen molar-refractivity contribution in [3.63, 3.8) is 0 Å². The fraction of sp³-hybridized carbons (Fsp3) is 0.444. The molecule has 1 aromatic rings. The Kier molecular flexibility index (Phi) is 4.85. The Morgan fingerprint density at radius 3 is 2.39 bits per heavy atom. The third kappa shape index (κ3) is 3.77. The Labute approximate surface area is 107 Å². The third-order valence-electron chi connectivity index (χ3n) is 1.88. The summed E-state index contributed by atoms with van der Waals surface area (Å²) in [5.74, 6) is -0.758. The topological polar surface area (TPSA) is 42.4 Å². The summed E-state index contributed by atoms with van der Waals surface area (Å²) in [5.41, 5.74) is -1.47. The number of halogens is 6. The predicted octanol–water partition coefficient (Wildman–Crippen LogP) is 3.31. The lowest BCUT2D eigenvalue weighted by Gasteiger charge is -2.16. The molecule has 1 heterocycles. The Morgan fingerprint density at radius 2 is 2.00 bits per heavy atom. The zero-order chi connectivity index (χ0) is 13.9. The zero-order valence-corrected chi connectivity index (χ0v) is 10.2. The number of aromatic nitrogens is 1. The number of aliphatic hydroxyl groups excluding tert-OH is 1. The van der Waals surface area contributed by atoms with Gasteiger partial charge in [-0.2, -0.15) is 0 Å². The molecule has 1 aromatic heterocycles. The van der Waals surface area contributed by atoms with Crippen LogP contribution in [-0.4, -0.2) is 16.5 Å². The fourth-order valence-electron chi connectivity index (χ4n) is 1.23. The summed E-state index contributed by atoms with van der Waals surface area (Å²) in [7, 11) is 0. The van der Waals surface area contributed by atoms with E-state index in [1.807, 2.05) is 0 Å². The quantitative estimate of drug-likeness (QED) is 0.678. The number of hydrogen-bond donors (Lipinski definition) is 1. The van der Waals surface area contributed by atoms with Gasteiger partial charge in [-0.25, -0.2) is 13.8 Å². The van der Waals surface area contributed by atoms with Gasteiger partial charge in [0, 0.05) is 10.9 Å². The van der Waals surface area contributed by atoms with Crippen molar-refractivity contribution < 1.29 is 31.8 Å². The molecule has 0 fully saturated rings. The first-order valence-electron chi connectivity index (χ1n) is 4.52. The number of hydrogen-bond acceptors (Lipinski definition) is 3. The molecule has 1 rings (SSSR count). The Hall–Kier alpha value is -0.960. The van der Waals surface area contributed by atoms with Crippen molar-refractivity contribution in [2.45, 2.75) is 24.7 Å². The van der Waals surface area contributed by atoms with Gasteiger partial charge in [-0.3, -0.25) is 0 Å². The lowest BCUT2D eigenvalue weighted by atomic mass is 10.2. The first-order valence-corrected chi connectivity index (χ1v) is 5.64. The molecule has 0 radical (unpaired) electrons. The Morgan fingerprint density at radius 1 is 1.39 bits per heavy atom. The number of ether oxygens (including phenoxy) is 1. The molecule has 0 saturated carbocycles. The molecular weight excluding hydrogens is 329 g/mol. The highest BCUT2D eigenvalue weighted by atomic mass is 79.9. The average molecular weight is 336 g/mol. The van der Waals surface area contributed by atoms with E-state index >= 15 is 0 Å². The van der Waals surface area contributed by atoms with Crippen LogP contribution < -0.4 is 4.74 Å². The minimum absolute atomic E-state index is 0.145. The molecule has 9 heteroatoms. The second kappa shape index (κ2) is 5.79. The maximum atomic E-state index is 12.4. The van der Waals surface area contributed by atoms with Gasteiger partial charge in [0.25, 0.3) is 6.43 Å². The van der Waals surface area contributed by atoms with E-state index in [2.05, 4.69) is 25.7 Å². The first kappa shape index (κ1) is 15.1. The molecule has 0 aliphatic heterocycles.